The van der Waals surface area contributed by atoms with Crippen LogP contribution in [0.1, 0.15) is 71.9 Å². The molecule has 0 unspecified atom stereocenters. The highest BCUT2D eigenvalue weighted by atomic mass is 28.4. The molecule has 0 spiro atoms. The van der Waals surface area contributed by atoms with E-state index in [1.54, 1.807) is 0 Å². The summed E-state index contributed by atoms with van der Waals surface area (Å²) in [6.07, 6.45) is 10.6. The molecule has 1 aromatic rings. The second-order valence-electron chi connectivity index (χ2n) is 8.14. The van der Waals surface area contributed by atoms with Crippen LogP contribution >= 0.6 is 0 Å². The summed E-state index contributed by atoms with van der Waals surface area (Å²) in [4.78, 5) is 0. The largest absolute Gasteiger partial charge is 0.416 e. The molecule has 0 aliphatic rings. The van der Waals surface area contributed by atoms with E-state index < -0.39 is 8.32 Å². The number of terminal acetylenes is 1. The second kappa shape index (κ2) is 10.8. The fourth-order valence-electron chi connectivity index (χ4n) is 4.29. The van der Waals surface area contributed by atoms with Gasteiger partial charge in [-0.05, 0) is 53.4 Å². The molecule has 0 saturated carbocycles. The van der Waals surface area contributed by atoms with E-state index in [1.165, 1.54) is 11.1 Å². The highest BCUT2D eigenvalue weighted by Gasteiger charge is 2.44. The molecule has 0 atom stereocenters. The molecular formula is C23H38OSi. The minimum atomic E-state index is -1.71. The van der Waals surface area contributed by atoms with Crippen molar-refractivity contribution < 1.29 is 4.43 Å². The van der Waals surface area contributed by atoms with Crippen LogP contribution in [0.2, 0.25) is 16.6 Å². The number of aryl methyl sites for hydroxylation is 2. The van der Waals surface area contributed by atoms with Gasteiger partial charge in [0.15, 0.2) is 8.32 Å². The van der Waals surface area contributed by atoms with Crippen molar-refractivity contribution in [3.8, 4) is 12.3 Å². The molecule has 1 nitrogen and oxygen atoms in total. The smallest absolute Gasteiger partial charge is 0.200 e. The van der Waals surface area contributed by atoms with Crippen molar-refractivity contribution in [2.75, 3.05) is 6.61 Å². The Bertz CT molecular complexity index is 500. The summed E-state index contributed by atoms with van der Waals surface area (Å²) < 4.78 is 6.65. The number of unbranched alkanes of at least 4 members (excludes halogenated alkanes) is 1. The molecular weight excluding hydrogens is 320 g/mol. The summed E-state index contributed by atoms with van der Waals surface area (Å²) in [7, 11) is -1.71. The molecule has 1 aromatic carbocycles. The van der Waals surface area contributed by atoms with Crippen LogP contribution in [0.15, 0.2) is 24.3 Å². The predicted molar refractivity (Wildman–Crippen MR) is 114 cm³/mol. The topological polar surface area (TPSA) is 9.23 Å². The van der Waals surface area contributed by atoms with E-state index >= 15 is 0 Å². The average Bonchev–Trinajstić information content (AvgIpc) is 2.55. The molecule has 25 heavy (non-hydrogen) atoms. The van der Waals surface area contributed by atoms with E-state index in [0.29, 0.717) is 16.6 Å². The van der Waals surface area contributed by atoms with Gasteiger partial charge in [0, 0.05) is 13.0 Å². The Labute approximate surface area is 157 Å². The molecule has 0 heterocycles. The summed E-state index contributed by atoms with van der Waals surface area (Å²) >= 11 is 0. The summed E-state index contributed by atoms with van der Waals surface area (Å²) in [5.41, 5.74) is 4.79. The monoisotopic (exact) mass is 358 g/mol. The molecule has 140 valence electrons. The van der Waals surface area contributed by atoms with Crippen LogP contribution < -0.4 is 0 Å². The van der Waals surface area contributed by atoms with Crippen LogP contribution in [-0.2, 0) is 17.3 Å². The average molecular weight is 359 g/mol. The molecule has 0 aliphatic heterocycles. The number of hydrogen-bond acceptors (Lipinski definition) is 1. The van der Waals surface area contributed by atoms with Gasteiger partial charge >= 0.3 is 0 Å². The van der Waals surface area contributed by atoms with Crippen molar-refractivity contribution in [2.45, 2.75) is 90.3 Å². The van der Waals surface area contributed by atoms with E-state index in [4.69, 9.17) is 10.8 Å². The fourth-order valence-corrected chi connectivity index (χ4v) is 9.79. The van der Waals surface area contributed by atoms with Crippen molar-refractivity contribution in [2.24, 2.45) is 0 Å². The Morgan fingerprint density at radius 1 is 0.840 bits per heavy atom. The number of benzene rings is 1. The van der Waals surface area contributed by atoms with Gasteiger partial charge in [0.1, 0.15) is 0 Å². The zero-order chi connectivity index (χ0) is 18.9. The molecule has 0 amide bonds. The zero-order valence-electron chi connectivity index (χ0n) is 17.3. The summed E-state index contributed by atoms with van der Waals surface area (Å²) in [5, 5.41) is 0. The predicted octanol–water partition coefficient (Wildman–Crippen LogP) is 6.77. The van der Waals surface area contributed by atoms with Gasteiger partial charge in [0.2, 0.25) is 0 Å². The van der Waals surface area contributed by atoms with E-state index in [0.717, 1.165) is 38.7 Å². The first-order chi connectivity index (χ1) is 11.8. The van der Waals surface area contributed by atoms with Gasteiger partial charge in [-0.3, -0.25) is 0 Å². The van der Waals surface area contributed by atoms with Gasteiger partial charge in [-0.25, -0.2) is 0 Å². The van der Waals surface area contributed by atoms with Gasteiger partial charge in [0.25, 0.3) is 0 Å². The van der Waals surface area contributed by atoms with Crippen LogP contribution in [0, 0.1) is 12.3 Å². The van der Waals surface area contributed by atoms with Crippen molar-refractivity contribution in [3.63, 3.8) is 0 Å². The van der Waals surface area contributed by atoms with Crippen molar-refractivity contribution in [1.29, 1.82) is 0 Å². The van der Waals surface area contributed by atoms with Crippen molar-refractivity contribution in [3.05, 3.63) is 35.4 Å². The van der Waals surface area contributed by atoms with Gasteiger partial charge in [0.05, 0.1) is 0 Å². The first-order valence-electron chi connectivity index (χ1n) is 9.99. The lowest BCUT2D eigenvalue weighted by Crippen LogP contribution is -2.48. The Balaban J connectivity index is 2.50. The van der Waals surface area contributed by atoms with E-state index in [2.05, 4.69) is 71.7 Å². The molecule has 0 bridgehead atoms. The minimum Gasteiger partial charge on any atom is -0.416 e. The quantitative estimate of drug-likeness (QED) is 0.241. The lowest BCUT2D eigenvalue weighted by molar-refractivity contribution is 0.272. The molecule has 0 radical (unpaired) electrons. The van der Waals surface area contributed by atoms with Gasteiger partial charge in [-0.2, -0.15) is 0 Å². The third kappa shape index (κ3) is 6.32. The summed E-state index contributed by atoms with van der Waals surface area (Å²) in [5.74, 6) is 2.71. The maximum Gasteiger partial charge on any atom is 0.200 e. The van der Waals surface area contributed by atoms with E-state index in [1.807, 2.05) is 0 Å². The maximum absolute atomic E-state index is 6.65. The Kier molecular flexibility index (Phi) is 9.54. The molecule has 0 N–H and O–H groups in total. The lowest BCUT2D eigenvalue weighted by atomic mass is 10.0. The van der Waals surface area contributed by atoms with E-state index in [9.17, 15) is 0 Å². The standard InChI is InChI=1S/C23H38OSi/c1-8-9-10-12-22-14-16-23(17-15-22)13-11-18-24-25(19(2)3,20(4)5)21(6)7/h1,14-17,19-21H,9-13,18H2,2-7H3. The minimum absolute atomic E-state index is 0.662. The second-order valence-corrected chi connectivity index (χ2v) is 13.6. The number of hydrogen-bond donors (Lipinski definition) is 0. The van der Waals surface area contributed by atoms with Crippen LogP contribution in [0.5, 0.6) is 0 Å². The third-order valence-corrected chi connectivity index (χ3v) is 11.6. The molecule has 0 fully saturated rings. The highest BCUT2D eigenvalue weighted by Crippen LogP contribution is 2.42. The highest BCUT2D eigenvalue weighted by molar-refractivity contribution is 6.77. The molecule has 0 aliphatic carbocycles. The molecule has 1 rings (SSSR count). The van der Waals surface area contributed by atoms with Gasteiger partial charge in [-0.15, -0.1) is 12.3 Å². The number of rotatable bonds is 11. The van der Waals surface area contributed by atoms with E-state index in [-0.39, 0.29) is 0 Å². The maximum atomic E-state index is 6.65. The first kappa shape index (κ1) is 22.0. The molecule has 0 saturated heterocycles. The SMILES string of the molecule is C#CCCCc1ccc(CCCO[Si](C(C)C)(C(C)C)C(C)C)cc1. The zero-order valence-corrected chi connectivity index (χ0v) is 18.3. The summed E-state index contributed by atoms with van der Waals surface area (Å²) in [6.45, 7) is 15.0. The molecule has 2 heteroatoms. The van der Waals surface area contributed by atoms with Crippen molar-refractivity contribution >= 4 is 8.32 Å². The van der Waals surface area contributed by atoms with Crippen LogP contribution in [0.25, 0.3) is 0 Å². The molecule has 0 aromatic heterocycles. The van der Waals surface area contributed by atoms with Gasteiger partial charge in [-0.1, -0.05) is 65.8 Å². The first-order valence-corrected chi connectivity index (χ1v) is 12.1. The Morgan fingerprint density at radius 3 is 1.68 bits per heavy atom. The normalized spacial score (nSPS) is 12.2. The van der Waals surface area contributed by atoms with Gasteiger partial charge < -0.3 is 4.43 Å². The third-order valence-electron chi connectivity index (χ3n) is 5.48. The van der Waals surface area contributed by atoms with Crippen molar-refractivity contribution in [1.82, 2.24) is 0 Å². The Morgan fingerprint density at radius 2 is 1.28 bits per heavy atom. The van der Waals surface area contributed by atoms with Crippen LogP contribution in [-0.4, -0.2) is 14.9 Å². The fraction of sp³-hybridized carbons (Fsp3) is 0.652. The lowest BCUT2D eigenvalue weighted by Gasteiger charge is -2.42. The van der Waals surface area contributed by atoms with Crippen LogP contribution in [0.4, 0.5) is 0 Å². The summed E-state index contributed by atoms with van der Waals surface area (Å²) in [6, 6.07) is 9.04. The Hall–Kier alpha value is -1.04. The van der Waals surface area contributed by atoms with Crippen LogP contribution in [0.3, 0.4) is 0 Å².